The zero-order valence-corrected chi connectivity index (χ0v) is 10.6. The summed E-state index contributed by atoms with van der Waals surface area (Å²) in [7, 11) is 1.83. The Morgan fingerprint density at radius 3 is 2.69 bits per heavy atom. The summed E-state index contributed by atoms with van der Waals surface area (Å²) in [5.41, 5.74) is 0.931. The molecule has 0 aliphatic heterocycles. The van der Waals surface area contributed by atoms with Gasteiger partial charge in [-0.1, -0.05) is 6.92 Å². The molecule has 4 heteroatoms. The van der Waals surface area contributed by atoms with E-state index in [1.807, 2.05) is 14.0 Å². The monoisotopic (exact) mass is 243 g/mol. The summed E-state index contributed by atoms with van der Waals surface area (Å²) in [6, 6.07) is 4.76. The molecule has 0 aliphatic carbocycles. The molecule has 90 valence electrons. The minimum atomic E-state index is -0.377. The molecule has 0 heterocycles. The molecule has 0 fully saturated rings. The van der Waals surface area contributed by atoms with Crippen molar-refractivity contribution in [3.63, 3.8) is 0 Å². The van der Waals surface area contributed by atoms with E-state index >= 15 is 0 Å². The average molecular weight is 243 g/mol. The Labute approximate surface area is 100 Å². The van der Waals surface area contributed by atoms with Gasteiger partial charge in [0.15, 0.2) is 0 Å². The maximum atomic E-state index is 13.1. The van der Waals surface area contributed by atoms with E-state index in [1.165, 1.54) is 12.1 Å². The Morgan fingerprint density at radius 2 is 2.12 bits per heavy atom. The molecule has 2 unspecified atom stereocenters. The third kappa shape index (κ3) is 3.77. The van der Waals surface area contributed by atoms with Gasteiger partial charge in [-0.2, -0.15) is 0 Å². The Morgan fingerprint density at radius 1 is 1.44 bits per heavy atom. The third-order valence-corrected chi connectivity index (χ3v) is 3.80. The zero-order valence-electron chi connectivity index (χ0n) is 9.83. The van der Waals surface area contributed by atoms with Gasteiger partial charge >= 0.3 is 0 Å². The SMILES string of the molecule is CNCc1cc(F)ccc1SC(C)C(C)O. The molecule has 2 N–H and O–H groups in total. The van der Waals surface area contributed by atoms with Crippen LogP contribution < -0.4 is 5.32 Å². The second-order valence-corrected chi connectivity index (χ2v) is 5.27. The Bertz CT molecular complexity index is 344. The fourth-order valence-corrected chi connectivity index (χ4v) is 2.32. The van der Waals surface area contributed by atoms with E-state index in [0.29, 0.717) is 6.54 Å². The van der Waals surface area contributed by atoms with Crippen molar-refractivity contribution in [1.82, 2.24) is 5.32 Å². The summed E-state index contributed by atoms with van der Waals surface area (Å²) in [4.78, 5) is 1.02. The van der Waals surface area contributed by atoms with E-state index in [9.17, 15) is 9.50 Å². The molecule has 2 atom stereocenters. The number of halogens is 1. The third-order valence-electron chi connectivity index (χ3n) is 2.38. The Balaban J connectivity index is 2.85. The van der Waals surface area contributed by atoms with Crippen molar-refractivity contribution in [1.29, 1.82) is 0 Å². The van der Waals surface area contributed by atoms with E-state index in [-0.39, 0.29) is 17.2 Å². The predicted octanol–water partition coefficient (Wildman–Crippen LogP) is 2.41. The van der Waals surface area contributed by atoms with Crippen LogP contribution in [-0.2, 0) is 6.54 Å². The van der Waals surface area contributed by atoms with Crippen molar-refractivity contribution in [2.45, 2.75) is 36.6 Å². The van der Waals surface area contributed by atoms with Crippen LogP contribution >= 0.6 is 11.8 Å². The molecule has 0 radical (unpaired) electrons. The van der Waals surface area contributed by atoms with Crippen LogP contribution in [-0.4, -0.2) is 23.5 Å². The summed E-state index contributed by atoms with van der Waals surface area (Å²) in [6.45, 7) is 4.35. The van der Waals surface area contributed by atoms with Crippen LogP contribution in [0.5, 0.6) is 0 Å². The largest absolute Gasteiger partial charge is 0.392 e. The van der Waals surface area contributed by atoms with E-state index in [4.69, 9.17) is 0 Å². The van der Waals surface area contributed by atoms with Crippen molar-refractivity contribution in [3.8, 4) is 0 Å². The van der Waals surface area contributed by atoms with Crippen molar-refractivity contribution in [2.24, 2.45) is 0 Å². The molecule has 0 aromatic heterocycles. The first-order valence-corrected chi connectivity index (χ1v) is 6.20. The van der Waals surface area contributed by atoms with E-state index in [0.717, 1.165) is 10.5 Å². The van der Waals surface area contributed by atoms with Crippen LogP contribution in [0.1, 0.15) is 19.4 Å². The topological polar surface area (TPSA) is 32.3 Å². The highest BCUT2D eigenvalue weighted by Gasteiger charge is 2.13. The molecular formula is C12H18FNOS. The summed E-state index contributed by atoms with van der Waals surface area (Å²) in [5.74, 6) is -0.223. The number of benzene rings is 1. The number of aliphatic hydroxyl groups is 1. The van der Waals surface area contributed by atoms with E-state index < -0.39 is 0 Å². The molecule has 0 amide bonds. The van der Waals surface area contributed by atoms with Crippen molar-refractivity contribution in [3.05, 3.63) is 29.6 Å². The van der Waals surface area contributed by atoms with Crippen LogP contribution in [0.15, 0.2) is 23.1 Å². The molecule has 1 rings (SSSR count). The van der Waals surface area contributed by atoms with Gasteiger partial charge in [0.1, 0.15) is 5.82 Å². The van der Waals surface area contributed by atoms with Gasteiger partial charge in [-0.3, -0.25) is 0 Å². The molecule has 1 aromatic carbocycles. The average Bonchev–Trinajstić information content (AvgIpc) is 2.22. The molecule has 16 heavy (non-hydrogen) atoms. The van der Waals surface area contributed by atoms with Crippen LogP contribution in [0.2, 0.25) is 0 Å². The fraction of sp³-hybridized carbons (Fsp3) is 0.500. The van der Waals surface area contributed by atoms with Gasteiger partial charge in [-0.15, -0.1) is 11.8 Å². The smallest absolute Gasteiger partial charge is 0.123 e. The molecule has 0 spiro atoms. The first kappa shape index (κ1) is 13.5. The van der Waals surface area contributed by atoms with Gasteiger partial charge in [0.05, 0.1) is 6.10 Å². The van der Waals surface area contributed by atoms with Crippen LogP contribution in [0.4, 0.5) is 4.39 Å². The van der Waals surface area contributed by atoms with Gasteiger partial charge in [-0.25, -0.2) is 4.39 Å². The molecule has 0 saturated heterocycles. The number of aliphatic hydroxyl groups excluding tert-OH is 1. The van der Waals surface area contributed by atoms with Gasteiger partial charge in [0.25, 0.3) is 0 Å². The standard InChI is InChI=1S/C12H18FNOS/c1-8(15)9(2)16-12-5-4-11(13)6-10(12)7-14-3/h4-6,8-9,14-15H,7H2,1-3H3. The molecule has 0 saturated carbocycles. The normalized spacial score (nSPS) is 14.8. The number of hydrogen-bond donors (Lipinski definition) is 2. The number of nitrogens with one attached hydrogen (secondary N) is 1. The number of hydrogen-bond acceptors (Lipinski definition) is 3. The lowest BCUT2D eigenvalue weighted by atomic mass is 10.2. The Hall–Kier alpha value is -0.580. The molecular weight excluding hydrogens is 225 g/mol. The predicted molar refractivity (Wildman–Crippen MR) is 66.2 cm³/mol. The first-order chi connectivity index (χ1) is 7.54. The van der Waals surface area contributed by atoms with Gasteiger partial charge < -0.3 is 10.4 Å². The second kappa shape index (κ2) is 6.23. The second-order valence-electron chi connectivity index (χ2n) is 3.85. The van der Waals surface area contributed by atoms with Crippen LogP contribution in [0.25, 0.3) is 0 Å². The van der Waals surface area contributed by atoms with E-state index in [1.54, 1.807) is 24.8 Å². The molecule has 0 aliphatic rings. The van der Waals surface area contributed by atoms with Crippen molar-refractivity contribution >= 4 is 11.8 Å². The summed E-state index contributed by atoms with van der Waals surface area (Å²) < 4.78 is 13.1. The van der Waals surface area contributed by atoms with Gasteiger partial charge in [0.2, 0.25) is 0 Å². The quantitative estimate of drug-likeness (QED) is 0.779. The maximum absolute atomic E-state index is 13.1. The van der Waals surface area contributed by atoms with Gasteiger partial charge in [-0.05, 0) is 37.7 Å². The van der Waals surface area contributed by atoms with Gasteiger partial charge in [0, 0.05) is 16.7 Å². The lowest BCUT2D eigenvalue weighted by Gasteiger charge is -2.16. The highest BCUT2D eigenvalue weighted by molar-refractivity contribution is 8.00. The summed E-state index contributed by atoms with van der Waals surface area (Å²) in [5, 5.41) is 12.6. The minimum absolute atomic E-state index is 0.0982. The fourth-order valence-electron chi connectivity index (χ4n) is 1.29. The maximum Gasteiger partial charge on any atom is 0.123 e. The highest BCUT2D eigenvalue weighted by atomic mass is 32.2. The summed E-state index contributed by atoms with van der Waals surface area (Å²) >= 11 is 1.57. The zero-order chi connectivity index (χ0) is 12.1. The first-order valence-electron chi connectivity index (χ1n) is 5.32. The lowest BCUT2D eigenvalue weighted by Crippen LogP contribution is -2.16. The van der Waals surface area contributed by atoms with Crippen molar-refractivity contribution in [2.75, 3.05) is 7.05 Å². The lowest BCUT2D eigenvalue weighted by molar-refractivity contribution is 0.196. The molecule has 0 bridgehead atoms. The van der Waals surface area contributed by atoms with Crippen LogP contribution in [0, 0.1) is 5.82 Å². The molecule has 2 nitrogen and oxygen atoms in total. The van der Waals surface area contributed by atoms with Crippen molar-refractivity contribution < 1.29 is 9.50 Å². The summed E-state index contributed by atoms with van der Waals surface area (Å²) in [6.07, 6.45) is -0.377. The van der Waals surface area contributed by atoms with E-state index in [2.05, 4.69) is 5.32 Å². The minimum Gasteiger partial charge on any atom is -0.392 e. The van der Waals surface area contributed by atoms with Crippen LogP contribution in [0.3, 0.4) is 0 Å². The Kier molecular flexibility index (Phi) is 5.25. The number of thioether (sulfide) groups is 1. The highest BCUT2D eigenvalue weighted by Crippen LogP contribution is 2.29. The molecule has 1 aromatic rings. The number of rotatable bonds is 5.